The summed E-state index contributed by atoms with van der Waals surface area (Å²) in [6, 6.07) is 24.5. The number of fused-ring (bicyclic) bond motifs is 2. The molecule has 3 aromatic carbocycles. The van der Waals surface area contributed by atoms with Gasteiger partial charge in [-0.25, -0.2) is 0 Å². The summed E-state index contributed by atoms with van der Waals surface area (Å²) in [5, 5.41) is 0. The van der Waals surface area contributed by atoms with Crippen molar-refractivity contribution in [3.63, 3.8) is 0 Å². The van der Waals surface area contributed by atoms with Crippen LogP contribution in [0.3, 0.4) is 0 Å². The lowest BCUT2D eigenvalue weighted by atomic mass is 9.81. The summed E-state index contributed by atoms with van der Waals surface area (Å²) in [6.07, 6.45) is -0.745. The highest BCUT2D eigenvalue weighted by atomic mass is 16.5. The zero-order valence-corrected chi connectivity index (χ0v) is 15.4. The number of hydrogen-bond donors (Lipinski definition) is 0. The molecule has 2 atom stereocenters. The molecule has 3 heteroatoms. The first-order valence-electron chi connectivity index (χ1n) is 9.36. The van der Waals surface area contributed by atoms with Gasteiger partial charge in [0.15, 0.2) is 11.9 Å². The van der Waals surface area contributed by atoms with Gasteiger partial charge in [-0.2, -0.15) is 0 Å². The lowest BCUT2D eigenvalue weighted by molar-refractivity contribution is 0.0750. The van der Waals surface area contributed by atoms with Gasteiger partial charge >= 0.3 is 0 Å². The van der Waals surface area contributed by atoms with Crippen molar-refractivity contribution in [2.24, 2.45) is 0 Å². The van der Waals surface area contributed by atoms with Crippen LogP contribution in [0, 0.1) is 6.92 Å². The van der Waals surface area contributed by atoms with Gasteiger partial charge < -0.3 is 4.74 Å². The van der Waals surface area contributed by atoms with Crippen LogP contribution >= 0.6 is 0 Å². The molecule has 136 valence electrons. The molecule has 3 nitrogen and oxygen atoms in total. The fraction of sp³-hybridized carbons (Fsp3) is 0.120. The Balaban J connectivity index is 1.67. The first-order chi connectivity index (χ1) is 13.7. The van der Waals surface area contributed by atoms with Crippen molar-refractivity contribution in [2.75, 3.05) is 0 Å². The van der Waals surface area contributed by atoms with E-state index in [4.69, 9.17) is 4.74 Å². The van der Waals surface area contributed by atoms with E-state index >= 15 is 0 Å². The van der Waals surface area contributed by atoms with Crippen LogP contribution < -0.4 is 0 Å². The van der Waals surface area contributed by atoms with Crippen molar-refractivity contribution in [1.82, 2.24) is 0 Å². The van der Waals surface area contributed by atoms with E-state index in [0.29, 0.717) is 22.5 Å². The molecule has 0 saturated carbocycles. The van der Waals surface area contributed by atoms with Gasteiger partial charge in [-0.1, -0.05) is 78.9 Å². The standard InChI is InChI=1S/C25H18O3/c1-15-9-5-6-12-17(15)20-21-23(27)18-13-7-8-14-19(18)24(21)28-25(20)22(26)16-10-3-2-4-11-16/h2-14,20,25H,1H3/t20-,25-/m1/s1. The third-order valence-electron chi connectivity index (χ3n) is 5.60. The Morgan fingerprint density at radius 1 is 0.821 bits per heavy atom. The van der Waals surface area contributed by atoms with Gasteiger partial charge in [0.05, 0.1) is 11.5 Å². The fourth-order valence-electron chi connectivity index (χ4n) is 4.25. The van der Waals surface area contributed by atoms with Gasteiger partial charge in [0.2, 0.25) is 5.78 Å². The molecule has 28 heavy (non-hydrogen) atoms. The average molecular weight is 366 g/mol. The van der Waals surface area contributed by atoms with Crippen LogP contribution in [-0.2, 0) is 4.74 Å². The smallest absolute Gasteiger partial charge is 0.204 e. The topological polar surface area (TPSA) is 43.4 Å². The number of aryl methyl sites for hydroxylation is 1. The summed E-state index contributed by atoms with van der Waals surface area (Å²) in [4.78, 5) is 26.6. The normalized spacial score (nSPS) is 20.0. The number of rotatable bonds is 3. The first-order valence-corrected chi connectivity index (χ1v) is 9.36. The number of carbonyl (C=O) groups excluding carboxylic acids is 2. The van der Waals surface area contributed by atoms with Crippen LogP contribution in [0.2, 0.25) is 0 Å². The van der Waals surface area contributed by atoms with Crippen molar-refractivity contribution >= 4 is 17.3 Å². The van der Waals surface area contributed by atoms with Crippen molar-refractivity contribution in [1.29, 1.82) is 0 Å². The number of carbonyl (C=O) groups is 2. The monoisotopic (exact) mass is 366 g/mol. The summed E-state index contributed by atoms with van der Waals surface area (Å²) in [5.74, 6) is 0.00249. The van der Waals surface area contributed by atoms with Gasteiger partial charge in [0.1, 0.15) is 5.76 Å². The molecule has 0 radical (unpaired) electrons. The van der Waals surface area contributed by atoms with Crippen LogP contribution in [0.1, 0.15) is 43.3 Å². The molecule has 0 aromatic heterocycles. The van der Waals surface area contributed by atoms with E-state index in [0.717, 1.165) is 16.7 Å². The molecule has 0 amide bonds. The van der Waals surface area contributed by atoms with Crippen molar-refractivity contribution < 1.29 is 14.3 Å². The van der Waals surface area contributed by atoms with E-state index in [-0.39, 0.29) is 11.6 Å². The minimum atomic E-state index is -0.745. The SMILES string of the molecule is Cc1ccccc1[C@@H]1C2=C(O[C@H]1C(=O)c1ccccc1)c1ccccc1C2=O. The Labute approximate surface area is 163 Å². The van der Waals surface area contributed by atoms with E-state index in [2.05, 4.69) is 0 Å². The number of hydrogen-bond acceptors (Lipinski definition) is 3. The van der Waals surface area contributed by atoms with Gasteiger partial charge in [0, 0.05) is 16.7 Å². The van der Waals surface area contributed by atoms with Crippen molar-refractivity contribution in [3.05, 3.63) is 112 Å². The number of ether oxygens (including phenoxy) is 1. The maximum absolute atomic E-state index is 13.3. The maximum Gasteiger partial charge on any atom is 0.204 e. The second-order valence-electron chi connectivity index (χ2n) is 7.22. The highest BCUT2D eigenvalue weighted by molar-refractivity contribution is 6.22. The van der Waals surface area contributed by atoms with Crippen molar-refractivity contribution in [3.8, 4) is 0 Å². The molecule has 5 rings (SSSR count). The largest absolute Gasteiger partial charge is 0.480 e. The lowest BCUT2D eigenvalue weighted by Gasteiger charge is -2.23. The molecule has 0 N–H and O–H groups in total. The van der Waals surface area contributed by atoms with Gasteiger partial charge in [-0.05, 0) is 18.1 Å². The Morgan fingerprint density at radius 3 is 2.21 bits per heavy atom. The van der Waals surface area contributed by atoms with E-state index in [9.17, 15) is 9.59 Å². The summed E-state index contributed by atoms with van der Waals surface area (Å²) >= 11 is 0. The predicted octanol–water partition coefficient (Wildman–Crippen LogP) is 4.97. The highest BCUT2D eigenvalue weighted by Gasteiger charge is 2.49. The molecular weight excluding hydrogens is 348 g/mol. The predicted molar refractivity (Wildman–Crippen MR) is 107 cm³/mol. The molecule has 0 bridgehead atoms. The Kier molecular flexibility index (Phi) is 3.76. The molecule has 1 aliphatic heterocycles. The highest BCUT2D eigenvalue weighted by Crippen LogP contribution is 2.50. The second kappa shape index (κ2) is 6.31. The minimum absolute atomic E-state index is 0.0396. The molecule has 0 spiro atoms. The number of benzene rings is 3. The molecule has 0 unspecified atom stereocenters. The average Bonchev–Trinajstić information content (AvgIpc) is 3.25. The molecule has 0 saturated heterocycles. The van der Waals surface area contributed by atoms with E-state index in [1.54, 1.807) is 12.1 Å². The first kappa shape index (κ1) is 16.7. The molecule has 1 heterocycles. The number of Topliss-reactive ketones (excluding diaryl/α,β-unsaturated/α-hetero) is 2. The quantitative estimate of drug-likeness (QED) is 0.615. The second-order valence-corrected chi connectivity index (χ2v) is 7.22. The maximum atomic E-state index is 13.3. The number of ketones is 2. The molecule has 0 fully saturated rings. The van der Waals surface area contributed by atoms with Crippen molar-refractivity contribution in [2.45, 2.75) is 18.9 Å². The van der Waals surface area contributed by atoms with E-state index in [1.807, 2.05) is 73.7 Å². The minimum Gasteiger partial charge on any atom is -0.480 e. The summed E-state index contributed by atoms with van der Waals surface area (Å²) in [6.45, 7) is 2.00. The summed E-state index contributed by atoms with van der Waals surface area (Å²) in [7, 11) is 0. The Morgan fingerprint density at radius 2 is 1.46 bits per heavy atom. The van der Waals surface area contributed by atoms with E-state index < -0.39 is 12.0 Å². The zero-order valence-electron chi connectivity index (χ0n) is 15.4. The third kappa shape index (κ3) is 2.36. The molecule has 2 aliphatic rings. The van der Waals surface area contributed by atoms with Gasteiger partial charge in [0.25, 0.3) is 0 Å². The fourth-order valence-corrected chi connectivity index (χ4v) is 4.25. The lowest BCUT2D eigenvalue weighted by Crippen LogP contribution is -2.29. The van der Waals surface area contributed by atoms with Crippen LogP contribution in [-0.4, -0.2) is 17.7 Å². The summed E-state index contributed by atoms with van der Waals surface area (Å²) in [5.41, 5.74) is 4.63. The van der Waals surface area contributed by atoms with Crippen LogP contribution in [0.25, 0.3) is 5.76 Å². The Bertz CT molecular complexity index is 1140. The third-order valence-corrected chi connectivity index (χ3v) is 5.60. The van der Waals surface area contributed by atoms with Crippen LogP contribution in [0.5, 0.6) is 0 Å². The molecule has 1 aliphatic carbocycles. The molecule has 3 aromatic rings. The zero-order chi connectivity index (χ0) is 19.3. The van der Waals surface area contributed by atoms with E-state index in [1.165, 1.54) is 0 Å². The Hall–Kier alpha value is -3.46. The van der Waals surface area contributed by atoms with Crippen LogP contribution in [0.4, 0.5) is 0 Å². The molecular formula is C25H18O3. The summed E-state index contributed by atoms with van der Waals surface area (Å²) < 4.78 is 6.23. The van der Waals surface area contributed by atoms with Crippen LogP contribution in [0.15, 0.2) is 84.4 Å². The van der Waals surface area contributed by atoms with Gasteiger partial charge in [-0.3, -0.25) is 9.59 Å². The van der Waals surface area contributed by atoms with Gasteiger partial charge in [-0.15, -0.1) is 0 Å².